The Balaban J connectivity index is 1.85. The molecule has 0 bridgehead atoms. The van der Waals surface area contributed by atoms with E-state index in [4.69, 9.17) is 0 Å². The highest BCUT2D eigenvalue weighted by molar-refractivity contribution is 5.73. The summed E-state index contributed by atoms with van der Waals surface area (Å²) in [5.41, 5.74) is 0. The standard InChI is InChI=1S/C11H21N3O/c1-9-7-12-8-11(9)14-5-3-13(4-6-14)10(2)15/h9,11-12H,3-8H2,1-2H3/t9-,11+/m0/s1. The Kier molecular flexibility index (Phi) is 3.26. The van der Waals surface area contributed by atoms with Crippen molar-refractivity contribution < 1.29 is 4.79 Å². The van der Waals surface area contributed by atoms with E-state index in [2.05, 4.69) is 17.1 Å². The molecule has 0 radical (unpaired) electrons. The van der Waals surface area contributed by atoms with Crippen molar-refractivity contribution in [2.45, 2.75) is 19.9 Å². The molecule has 15 heavy (non-hydrogen) atoms. The van der Waals surface area contributed by atoms with Crippen LogP contribution in [0.15, 0.2) is 0 Å². The molecule has 0 aromatic rings. The Morgan fingerprint density at radius 2 is 1.87 bits per heavy atom. The van der Waals surface area contributed by atoms with Gasteiger partial charge in [0.05, 0.1) is 0 Å². The van der Waals surface area contributed by atoms with Crippen LogP contribution in [-0.2, 0) is 4.79 Å². The van der Waals surface area contributed by atoms with Gasteiger partial charge >= 0.3 is 0 Å². The van der Waals surface area contributed by atoms with E-state index in [1.54, 1.807) is 6.92 Å². The fraction of sp³-hybridized carbons (Fsp3) is 0.909. The SMILES string of the molecule is CC(=O)N1CCN([C@@H]2CNC[C@@H]2C)CC1. The Morgan fingerprint density at radius 1 is 1.20 bits per heavy atom. The molecule has 2 aliphatic heterocycles. The number of carbonyl (C=O) groups excluding carboxylic acids is 1. The van der Waals surface area contributed by atoms with Crippen LogP contribution in [0.5, 0.6) is 0 Å². The van der Waals surface area contributed by atoms with Crippen molar-refractivity contribution in [3.8, 4) is 0 Å². The maximum atomic E-state index is 11.2. The number of hydrogen-bond acceptors (Lipinski definition) is 3. The van der Waals surface area contributed by atoms with E-state index in [1.165, 1.54) is 0 Å². The summed E-state index contributed by atoms with van der Waals surface area (Å²) in [5.74, 6) is 0.959. The summed E-state index contributed by atoms with van der Waals surface area (Å²) >= 11 is 0. The lowest BCUT2D eigenvalue weighted by Crippen LogP contribution is -2.53. The van der Waals surface area contributed by atoms with Crippen molar-refractivity contribution in [3.63, 3.8) is 0 Å². The summed E-state index contributed by atoms with van der Waals surface area (Å²) in [7, 11) is 0. The molecule has 2 atom stereocenters. The summed E-state index contributed by atoms with van der Waals surface area (Å²) in [4.78, 5) is 15.7. The topological polar surface area (TPSA) is 35.6 Å². The van der Waals surface area contributed by atoms with Crippen molar-refractivity contribution in [2.24, 2.45) is 5.92 Å². The fourth-order valence-electron chi connectivity index (χ4n) is 2.65. The van der Waals surface area contributed by atoms with Crippen LogP contribution in [0.3, 0.4) is 0 Å². The summed E-state index contributed by atoms with van der Waals surface area (Å²) in [6.45, 7) is 10.1. The lowest BCUT2D eigenvalue weighted by molar-refractivity contribution is -0.130. The number of amides is 1. The van der Waals surface area contributed by atoms with Gasteiger partial charge in [-0.05, 0) is 12.5 Å². The average Bonchev–Trinajstić information content (AvgIpc) is 2.65. The first-order valence-electron chi connectivity index (χ1n) is 5.89. The van der Waals surface area contributed by atoms with Crippen LogP contribution in [-0.4, -0.2) is 61.0 Å². The predicted octanol–water partition coefficient (Wildman–Crippen LogP) is -0.242. The highest BCUT2D eigenvalue weighted by Crippen LogP contribution is 2.17. The van der Waals surface area contributed by atoms with E-state index in [9.17, 15) is 4.79 Å². The zero-order valence-electron chi connectivity index (χ0n) is 9.70. The third kappa shape index (κ3) is 2.32. The Morgan fingerprint density at radius 3 is 2.33 bits per heavy atom. The minimum atomic E-state index is 0.215. The Hall–Kier alpha value is -0.610. The number of nitrogens with one attached hydrogen (secondary N) is 1. The maximum absolute atomic E-state index is 11.2. The highest BCUT2D eigenvalue weighted by Gasteiger charge is 2.31. The summed E-state index contributed by atoms with van der Waals surface area (Å²) in [5, 5.41) is 3.43. The van der Waals surface area contributed by atoms with Crippen LogP contribution in [0.1, 0.15) is 13.8 Å². The van der Waals surface area contributed by atoms with Gasteiger partial charge in [-0.1, -0.05) is 6.92 Å². The minimum absolute atomic E-state index is 0.215. The highest BCUT2D eigenvalue weighted by atomic mass is 16.2. The van der Waals surface area contributed by atoms with E-state index in [-0.39, 0.29) is 5.91 Å². The maximum Gasteiger partial charge on any atom is 0.219 e. The number of nitrogens with zero attached hydrogens (tertiary/aromatic N) is 2. The molecule has 2 aliphatic rings. The second-order valence-corrected chi connectivity index (χ2v) is 4.74. The molecular formula is C11H21N3O. The van der Waals surface area contributed by atoms with Gasteiger partial charge in [0.25, 0.3) is 0 Å². The number of carbonyl (C=O) groups is 1. The molecule has 2 rings (SSSR count). The van der Waals surface area contributed by atoms with Gasteiger partial charge in [0, 0.05) is 45.7 Å². The van der Waals surface area contributed by atoms with E-state index >= 15 is 0 Å². The number of hydrogen-bond donors (Lipinski definition) is 1. The molecule has 4 nitrogen and oxygen atoms in total. The second-order valence-electron chi connectivity index (χ2n) is 4.74. The van der Waals surface area contributed by atoms with Crippen LogP contribution >= 0.6 is 0 Å². The van der Waals surface area contributed by atoms with Crippen LogP contribution in [0.25, 0.3) is 0 Å². The quantitative estimate of drug-likeness (QED) is 0.650. The molecular weight excluding hydrogens is 190 g/mol. The minimum Gasteiger partial charge on any atom is -0.340 e. The fourth-order valence-corrected chi connectivity index (χ4v) is 2.65. The lowest BCUT2D eigenvalue weighted by Gasteiger charge is -2.38. The zero-order chi connectivity index (χ0) is 10.8. The molecule has 2 fully saturated rings. The van der Waals surface area contributed by atoms with Crippen molar-refractivity contribution in [2.75, 3.05) is 39.3 Å². The van der Waals surface area contributed by atoms with Crippen LogP contribution in [0.4, 0.5) is 0 Å². The number of piperazine rings is 1. The molecule has 2 saturated heterocycles. The van der Waals surface area contributed by atoms with Gasteiger partial charge in [-0.3, -0.25) is 9.69 Å². The first kappa shape index (κ1) is 10.9. The molecule has 2 heterocycles. The Bertz CT molecular complexity index is 236. The van der Waals surface area contributed by atoms with Crippen molar-refractivity contribution in [1.29, 1.82) is 0 Å². The molecule has 0 saturated carbocycles. The van der Waals surface area contributed by atoms with Gasteiger partial charge < -0.3 is 10.2 Å². The first-order chi connectivity index (χ1) is 7.18. The van der Waals surface area contributed by atoms with E-state index in [0.717, 1.165) is 45.2 Å². The molecule has 1 N–H and O–H groups in total. The summed E-state index contributed by atoms with van der Waals surface area (Å²) < 4.78 is 0. The van der Waals surface area contributed by atoms with E-state index in [0.29, 0.717) is 6.04 Å². The van der Waals surface area contributed by atoms with Crippen LogP contribution in [0, 0.1) is 5.92 Å². The average molecular weight is 211 g/mol. The molecule has 0 aliphatic carbocycles. The van der Waals surface area contributed by atoms with Crippen LogP contribution < -0.4 is 5.32 Å². The van der Waals surface area contributed by atoms with Crippen molar-refractivity contribution in [3.05, 3.63) is 0 Å². The molecule has 0 aromatic heterocycles. The number of rotatable bonds is 1. The van der Waals surface area contributed by atoms with E-state index < -0.39 is 0 Å². The van der Waals surface area contributed by atoms with Gasteiger partial charge in [0.1, 0.15) is 0 Å². The third-order valence-electron chi connectivity index (χ3n) is 3.71. The van der Waals surface area contributed by atoms with Crippen LogP contribution in [0.2, 0.25) is 0 Å². The van der Waals surface area contributed by atoms with Gasteiger partial charge in [0.2, 0.25) is 5.91 Å². The zero-order valence-corrected chi connectivity index (χ0v) is 9.70. The normalized spacial score (nSPS) is 33.3. The Labute approximate surface area is 91.6 Å². The van der Waals surface area contributed by atoms with Gasteiger partial charge in [-0.2, -0.15) is 0 Å². The van der Waals surface area contributed by atoms with E-state index in [1.807, 2.05) is 4.90 Å². The molecule has 0 unspecified atom stereocenters. The first-order valence-corrected chi connectivity index (χ1v) is 5.89. The smallest absolute Gasteiger partial charge is 0.219 e. The van der Waals surface area contributed by atoms with Gasteiger partial charge in [-0.25, -0.2) is 0 Å². The monoisotopic (exact) mass is 211 g/mol. The second kappa shape index (κ2) is 4.49. The predicted molar refractivity (Wildman–Crippen MR) is 59.6 cm³/mol. The molecule has 1 amide bonds. The third-order valence-corrected chi connectivity index (χ3v) is 3.71. The molecule has 4 heteroatoms. The van der Waals surface area contributed by atoms with Gasteiger partial charge in [-0.15, -0.1) is 0 Å². The molecule has 0 spiro atoms. The summed E-state index contributed by atoms with van der Waals surface area (Å²) in [6, 6.07) is 0.680. The molecule has 86 valence electrons. The lowest BCUT2D eigenvalue weighted by atomic mass is 10.0. The van der Waals surface area contributed by atoms with Crippen molar-refractivity contribution in [1.82, 2.24) is 15.1 Å². The molecule has 0 aromatic carbocycles. The van der Waals surface area contributed by atoms with Gasteiger partial charge in [0.15, 0.2) is 0 Å². The largest absolute Gasteiger partial charge is 0.340 e. The summed E-state index contributed by atoms with van der Waals surface area (Å²) in [6.07, 6.45) is 0. The van der Waals surface area contributed by atoms with Crippen molar-refractivity contribution >= 4 is 5.91 Å².